The fourth-order valence-corrected chi connectivity index (χ4v) is 2.74. The number of anilines is 1. The van der Waals surface area contributed by atoms with Crippen LogP contribution in [0.2, 0.25) is 0 Å². The molecule has 0 saturated carbocycles. The Hall–Kier alpha value is -2.05. The lowest BCUT2D eigenvalue weighted by atomic mass is 10.1. The number of nitrogens with zero attached hydrogens (tertiary/aromatic N) is 2. The van der Waals surface area contributed by atoms with Crippen LogP contribution in [0.15, 0.2) is 36.0 Å². The molecule has 6 heteroatoms. The normalized spacial score (nSPS) is 10.8. The van der Waals surface area contributed by atoms with Crippen LogP contribution in [0, 0.1) is 5.82 Å². The lowest BCUT2D eigenvalue weighted by molar-refractivity contribution is 0.628. The van der Waals surface area contributed by atoms with Crippen LogP contribution >= 0.6 is 11.3 Å². The second kappa shape index (κ2) is 4.32. The van der Waals surface area contributed by atoms with Crippen LogP contribution in [0.5, 0.6) is 0 Å². The summed E-state index contributed by atoms with van der Waals surface area (Å²) in [6, 6.07) is 6.31. The van der Waals surface area contributed by atoms with Gasteiger partial charge in [-0.25, -0.2) is 20.2 Å². The molecule has 0 bridgehead atoms. The summed E-state index contributed by atoms with van der Waals surface area (Å²) in [5.41, 5.74) is 4.42. The number of nitrogen functional groups attached to an aromatic ring is 1. The van der Waals surface area contributed by atoms with Crippen LogP contribution in [0.4, 0.5) is 10.2 Å². The smallest absolute Gasteiger partial charge is 0.152 e. The van der Waals surface area contributed by atoms with Gasteiger partial charge in [-0.15, -0.1) is 11.3 Å². The van der Waals surface area contributed by atoms with Gasteiger partial charge in [0.05, 0.1) is 5.39 Å². The van der Waals surface area contributed by atoms with Crippen LogP contribution in [-0.4, -0.2) is 9.97 Å². The van der Waals surface area contributed by atoms with E-state index in [9.17, 15) is 4.39 Å². The number of hydrogen-bond donors (Lipinski definition) is 2. The Morgan fingerprint density at radius 1 is 1.17 bits per heavy atom. The third-order valence-electron chi connectivity index (χ3n) is 2.66. The van der Waals surface area contributed by atoms with Gasteiger partial charge in [-0.05, 0) is 17.7 Å². The number of nitrogens with two attached hydrogens (primary N) is 1. The largest absolute Gasteiger partial charge is 0.308 e. The Morgan fingerprint density at radius 3 is 2.67 bits per heavy atom. The lowest BCUT2D eigenvalue weighted by Crippen LogP contribution is -2.08. The highest BCUT2D eigenvalue weighted by Crippen LogP contribution is 2.35. The van der Waals surface area contributed by atoms with E-state index in [2.05, 4.69) is 15.4 Å². The maximum atomic E-state index is 12.9. The number of thiophene rings is 1. The summed E-state index contributed by atoms with van der Waals surface area (Å²) in [5.74, 6) is 5.76. The fourth-order valence-electron chi connectivity index (χ4n) is 1.83. The minimum atomic E-state index is -0.258. The molecule has 0 saturated heterocycles. The van der Waals surface area contributed by atoms with Gasteiger partial charge in [-0.2, -0.15) is 0 Å². The van der Waals surface area contributed by atoms with Crippen molar-refractivity contribution in [2.75, 3.05) is 5.43 Å². The number of fused-ring (bicyclic) bond motifs is 1. The number of halogens is 1. The molecule has 0 aliphatic carbocycles. The van der Waals surface area contributed by atoms with Gasteiger partial charge in [0.15, 0.2) is 5.82 Å². The van der Waals surface area contributed by atoms with Crippen molar-refractivity contribution in [2.45, 2.75) is 0 Å². The van der Waals surface area contributed by atoms with Crippen LogP contribution in [0.25, 0.3) is 21.3 Å². The number of aromatic nitrogens is 2. The highest BCUT2D eigenvalue weighted by atomic mass is 32.1. The average Bonchev–Trinajstić information content (AvgIpc) is 2.83. The van der Waals surface area contributed by atoms with Gasteiger partial charge in [-0.1, -0.05) is 12.1 Å². The van der Waals surface area contributed by atoms with E-state index in [1.807, 2.05) is 5.38 Å². The molecule has 90 valence electrons. The minimum absolute atomic E-state index is 0.258. The summed E-state index contributed by atoms with van der Waals surface area (Å²) in [7, 11) is 0. The maximum absolute atomic E-state index is 12.9. The van der Waals surface area contributed by atoms with Crippen molar-refractivity contribution in [1.82, 2.24) is 9.97 Å². The Balaban J connectivity index is 2.26. The van der Waals surface area contributed by atoms with Crippen molar-refractivity contribution >= 4 is 27.4 Å². The van der Waals surface area contributed by atoms with E-state index in [1.54, 1.807) is 12.1 Å². The van der Waals surface area contributed by atoms with Crippen molar-refractivity contribution in [1.29, 1.82) is 0 Å². The molecular weight excluding hydrogens is 251 g/mol. The maximum Gasteiger partial charge on any atom is 0.152 e. The van der Waals surface area contributed by atoms with Crippen molar-refractivity contribution in [3.63, 3.8) is 0 Å². The number of hydrogen-bond acceptors (Lipinski definition) is 5. The predicted molar refractivity (Wildman–Crippen MR) is 70.6 cm³/mol. The van der Waals surface area contributed by atoms with Crippen LogP contribution in [-0.2, 0) is 0 Å². The van der Waals surface area contributed by atoms with Gasteiger partial charge >= 0.3 is 0 Å². The van der Waals surface area contributed by atoms with Crippen LogP contribution in [0.3, 0.4) is 0 Å². The molecule has 0 atom stereocenters. The highest BCUT2D eigenvalue weighted by molar-refractivity contribution is 7.17. The first kappa shape index (κ1) is 11.1. The molecule has 3 N–H and O–H groups in total. The molecule has 0 radical (unpaired) electrons. The second-order valence-electron chi connectivity index (χ2n) is 3.70. The zero-order valence-electron chi connectivity index (χ0n) is 9.22. The average molecular weight is 260 g/mol. The van der Waals surface area contributed by atoms with Gasteiger partial charge in [0.2, 0.25) is 0 Å². The molecular formula is C12H9FN4S. The number of rotatable bonds is 2. The fraction of sp³-hybridized carbons (Fsp3) is 0. The summed E-state index contributed by atoms with van der Waals surface area (Å²) in [5, 5.41) is 2.82. The monoisotopic (exact) mass is 260 g/mol. The van der Waals surface area contributed by atoms with Gasteiger partial charge in [-0.3, -0.25) is 0 Å². The van der Waals surface area contributed by atoms with Crippen molar-refractivity contribution < 1.29 is 4.39 Å². The number of nitrogens with one attached hydrogen (secondary N) is 1. The number of benzene rings is 1. The van der Waals surface area contributed by atoms with E-state index < -0.39 is 0 Å². The molecule has 2 heterocycles. The Labute approximate surface area is 106 Å². The quantitative estimate of drug-likeness (QED) is 0.549. The van der Waals surface area contributed by atoms with Gasteiger partial charge in [0.1, 0.15) is 17.0 Å². The van der Waals surface area contributed by atoms with Crippen molar-refractivity contribution in [3.8, 4) is 11.1 Å². The Morgan fingerprint density at radius 2 is 1.94 bits per heavy atom. The molecule has 18 heavy (non-hydrogen) atoms. The molecule has 0 aliphatic rings. The summed E-state index contributed by atoms with van der Waals surface area (Å²) >= 11 is 1.50. The number of hydrazine groups is 1. The standard InChI is InChI=1S/C12H9FN4S/c13-8-3-1-7(2-4-8)9-5-18-12-10(9)11(17-14)15-6-16-12/h1-6H,14H2,(H,15,16,17). The molecule has 2 aromatic heterocycles. The Bertz CT molecular complexity index is 693. The lowest BCUT2D eigenvalue weighted by Gasteiger charge is -2.04. The molecule has 3 rings (SSSR count). The Kier molecular flexibility index (Phi) is 2.66. The minimum Gasteiger partial charge on any atom is -0.308 e. The van der Waals surface area contributed by atoms with Gasteiger partial charge < -0.3 is 5.43 Å². The zero-order valence-corrected chi connectivity index (χ0v) is 10.0. The van der Waals surface area contributed by atoms with Gasteiger partial charge in [0.25, 0.3) is 0 Å². The second-order valence-corrected chi connectivity index (χ2v) is 4.56. The molecule has 0 unspecified atom stereocenters. The third-order valence-corrected chi connectivity index (χ3v) is 3.55. The molecule has 0 aliphatic heterocycles. The predicted octanol–water partition coefficient (Wildman–Crippen LogP) is 2.78. The van der Waals surface area contributed by atoms with E-state index in [1.165, 1.54) is 29.8 Å². The highest BCUT2D eigenvalue weighted by Gasteiger charge is 2.12. The first-order valence-corrected chi connectivity index (χ1v) is 6.12. The first-order chi connectivity index (χ1) is 8.79. The summed E-state index contributed by atoms with van der Waals surface area (Å²) in [6.45, 7) is 0. The summed E-state index contributed by atoms with van der Waals surface area (Å²) in [6.07, 6.45) is 1.46. The molecule has 4 nitrogen and oxygen atoms in total. The molecule has 0 amide bonds. The first-order valence-electron chi connectivity index (χ1n) is 5.24. The summed E-state index contributed by atoms with van der Waals surface area (Å²) in [4.78, 5) is 9.12. The molecule has 1 aromatic carbocycles. The van der Waals surface area contributed by atoms with E-state index in [0.717, 1.165) is 21.3 Å². The van der Waals surface area contributed by atoms with Crippen molar-refractivity contribution in [3.05, 3.63) is 41.8 Å². The van der Waals surface area contributed by atoms with Crippen LogP contribution < -0.4 is 11.3 Å². The SMILES string of the molecule is NNc1ncnc2scc(-c3ccc(F)cc3)c12. The van der Waals surface area contributed by atoms with Gasteiger partial charge in [0, 0.05) is 10.9 Å². The molecule has 3 aromatic rings. The van der Waals surface area contributed by atoms with E-state index in [0.29, 0.717) is 5.82 Å². The molecule has 0 fully saturated rings. The molecule has 0 spiro atoms. The van der Waals surface area contributed by atoms with Crippen molar-refractivity contribution in [2.24, 2.45) is 5.84 Å². The topological polar surface area (TPSA) is 63.8 Å². The van der Waals surface area contributed by atoms with E-state index >= 15 is 0 Å². The van der Waals surface area contributed by atoms with E-state index in [4.69, 9.17) is 5.84 Å². The zero-order chi connectivity index (χ0) is 12.5. The van der Waals surface area contributed by atoms with Crippen LogP contribution in [0.1, 0.15) is 0 Å². The van der Waals surface area contributed by atoms with E-state index in [-0.39, 0.29) is 5.82 Å². The third kappa shape index (κ3) is 1.71. The summed E-state index contributed by atoms with van der Waals surface area (Å²) < 4.78 is 12.9.